The summed E-state index contributed by atoms with van der Waals surface area (Å²) in [6, 6.07) is 0. The molecule has 26 heavy (non-hydrogen) atoms. The highest BCUT2D eigenvalue weighted by Gasteiger charge is 2.16. The van der Waals surface area contributed by atoms with Crippen LogP contribution >= 0.6 is 0 Å². The fraction of sp³-hybridized carbons (Fsp3) is 0.609. The molecular weight excluding hydrogens is 324 g/mol. The Bertz CT molecular complexity index is 540. The molecule has 0 aliphatic heterocycles. The van der Waals surface area contributed by atoms with Gasteiger partial charge in [-0.05, 0) is 80.2 Å². The van der Waals surface area contributed by atoms with Crippen molar-refractivity contribution >= 4 is 5.97 Å². The molecule has 3 nitrogen and oxygen atoms in total. The number of carbonyl (C=O) groups excluding carboxylic acids is 1. The van der Waals surface area contributed by atoms with Gasteiger partial charge in [-0.25, -0.2) is 4.79 Å². The number of esters is 1. The van der Waals surface area contributed by atoms with Gasteiger partial charge in [0.25, 0.3) is 0 Å². The zero-order valence-corrected chi connectivity index (χ0v) is 17.8. The van der Waals surface area contributed by atoms with Gasteiger partial charge < -0.3 is 9.84 Å². The van der Waals surface area contributed by atoms with E-state index in [0.717, 1.165) is 25.7 Å². The van der Waals surface area contributed by atoms with Gasteiger partial charge in [0, 0.05) is 6.42 Å². The van der Waals surface area contributed by atoms with Crippen LogP contribution in [0.15, 0.2) is 46.6 Å². The van der Waals surface area contributed by atoms with E-state index in [1.165, 1.54) is 29.2 Å². The lowest BCUT2D eigenvalue weighted by Gasteiger charge is -2.16. The molecule has 0 saturated heterocycles. The van der Waals surface area contributed by atoms with Crippen LogP contribution in [0.4, 0.5) is 0 Å². The first-order valence-electron chi connectivity index (χ1n) is 9.60. The van der Waals surface area contributed by atoms with Crippen molar-refractivity contribution in [3.8, 4) is 0 Å². The zero-order valence-electron chi connectivity index (χ0n) is 17.8. The van der Waals surface area contributed by atoms with Crippen LogP contribution in [0.25, 0.3) is 0 Å². The summed E-state index contributed by atoms with van der Waals surface area (Å²) in [7, 11) is 0. The highest BCUT2D eigenvalue weighted by Crippen LogP contribution is 2.15. The number of hydrogen-bond donors (Lipinski definition) is 1. The quantitative estimate of drug-likeness (QED) is 0.359. The summed E-state index contributed by atoms with van der Waals surface area (Å²) < 4.78 is 5.47. The van der Waals surface area contributed by atoms with E-state index in [0.29, 0.717) is 6.42 Å². The molecule has 0 saturated carbocycles. The van der Waals surface area contributed by atoms with Crippen molar-refractivity contribution in [3.05, 3.63) is 46.6 Å². The molecule has 0 heterocycles. The summed E-state index contributed by atoms with van der Waals surface area (Å²) in [4.78, 5) is 11.8. The maximum atomic E-state index is 11.8. The van der Waals surface area contributed by atoms with Crippen LogP contribution in [0.2, 0.25) is 0 Å². The van der Waals surface area contributed by atoms with Gasteiger partial charge in [0.2, 0.25) is 0 Å². The lowest BCUT2D eigenvalue weighted by atomic mass is 10.0. The lowest BCUT2D eigenvalue weighted by Crippen LogP contribution is -2.24. The van der Waals surface area contributed by atoms with Crippen LogP contribution < -0.4 is 0 Å². The fourth-order valence-electron chi connectivity index (χ4n) is 2.39. The summed E-state index contributed by atoms with van der Waals surface area (Å²) in [5.74, 6) is -0.570. The van der Waals surface area contributed by atoms with E-state index in [1.54, 1.807) is 0 Å². The molecule has 0 amide bonds. The number of allylic oxidation sites excluding steroid dienone is 6. The maximum Gasteiger partial charge on any atom is 0.335 e. The van der Waals surface area contributed by atoms with Crippen LogP contribution in [0, 0.1) is 0 Å². The smallest absolute Gasteiger partial charge is 0.335 e. The highest BCUT2D eigenvalue weighted by molar-refractivity contribution is 5.74. The molecule has 148 valence electrons. The highest BCUT2D eigenvalue weighted by atomic mass is 16.6. The molecular formula is C23H38O3. The Balaban J connectivity index is 4.90. The predicted octanol–water partition coefficient (Wildman–Crippen LogP) is 6.05. The number of rotatable bonds is 11. The molecule has 0 rings (SSSR count). The molecule has 0 radical (unpaired) electrons. The van der Waals surface area contributed by atoms with E-state index < -0.39 is 12.1 Å². The second-order valence-electron chi connectivity index (χ2n) is 7.59. The Labute approximate surface area is 160 Å². The van der Waals surface area contributed by atoms with Crippen molar-refractivity contribution in [3.63, 3.8) is 0 Å². The van der Waals surface area contributed by atoms with Gasteiger partial charge >= 0.3 is 5.97 Å². The van der Waals surface area contributed by atoms with E-state index >= 15 is 0 Å². The van der Waals surface area contributed by atoms with E-state index in [4.69, 9.17) is 4.74 Å². The summed E-state index contributed by atoms with van der Waals surface area (Å²) in [5.41, 5.74) is 5.12. The van der Waals surface area contributed by atoms with Crippen molar-refractivity contribution in [1.29, 1.82) is 0 Å². The molecule has 3 heteroatoms. The maximum absolute atomic E-state index is 11.8. The van der Waals surface area contributed by atoms with E-state index in [1.807, 2.05) is 6.08 Å². The van der Waals surface area contributed by atoms with E-state index in [2.05, 4.69) is 59.8 Å². The average molecular weight is 363 g/mol. The standard InChI is InChI=1S/C23H38O3/c1-17(2)10-8-12-19(5)14-15-22(26-23(25)21(7)24)16-20(6)13-9-11-18(3)4/h10-11,14,16,21-22,24H,8-9,12-13,15H2,1-7H3/b19-14+,20-16+. The normalized spacial score (nSPS) is 14.5. The largest absolute Gasteiger partial charge is 0.456 e. The van der Waals surface area contributed by atoms with Gasteiger partial charge in [0.15, 0.2) is 0 Å². The lowest BCUT2D eigenvalue weighted by molar-refractivity contribution is -0.155. The minimum Gasteiger partial charge on any atom is -0.456 e. The monoisotopic (exact) mass is 362 g/mol. The molecule has 0 aliphatic carbocycles. The molecule has 0 bridgehead atoms. The molecule has 0 fully saturated rings. The van der Waals surface area contributed by atoms with E-state index in [9.17, 15) is 9.90 Å². The Kier molecular flexibility index (Phi) is 12.7. The molecule has 2 atom stereocenters. The van der Waals surface area contributed by atoms with Crippen LogP contribution in [0.5, 0.6) is 0 Å². The Morgan fingerprint density at radius 2 is 1.38 bits per heavy atom. The van der Waals surface area contributed by atoms with Crippen LogP contribution in [0.3, 0.4) is 0 Å². The topological polar surface area (TPSA) is 46.5 Å². The number of aliphatic hydroxyl groups is 1. The summed E-state index contributed by atoms with van der Waals surface area (Å²) in [5, 5.41) is 9.43. The first-order valence-corrected chi connectivity index (χ1v) is 9.60. The van der Waals surface area contributed by atoms with Gasteiger partial charge in [0.05, 0.1) is 0 Å². The number of ether oxygens (including phenoxy) is 1. The molecule has 2 unspecified atom stereocenters. The minimum atomic E-state index is -1.10. The van der Waals surface area contributed by atoms with Crippen molar-refractivity contribution in [2.75, 3.05) is 0 Å². The molecule has 0 aliphatic rings. The number of aliphatic hydroxyl groups excluding tert-OH is 1. The SMILES string of the molecule is CC(C)=CCC/C(C)=C/CC(/C=C(\C)CCC=C(C)C)OC(=O)C(C)O. The summed E-state index contributed by atoms with van der Waals surface area (Å²) in [6.07, 6.45) is 11.8. The zero-order chi connectivity index (χ0) is 20.1. The first-order chi connectivity index (χ1) is 12.1. The van der Waals surface area contributed by atoms with Crippen LogP contribution in [-0.2, 0) is 9.53 Å². The first kappa shape index (κ1) is 24.4. The third kappa shape index (κ3) is 13.7. The molecule has 0 aromatic heterocycles. The molecule has 0 spiro atoms. The van der Waals surface area contributed by atoms with Gasteiger partial charge in [-0.3, -0.25) is 0 Å². The second kappa shape index (κ2) is 13.6. The van der Waals surface area contributed by atoms with Gasteiger partial charge in [-0.2, -0.15) is 0 Å². The summed E-state index contributed by atoms with van der Waals surface area (Å²) in [6.45, 7) is 14.0. The Hall–Kier alpha value is -1.61. The van der Waals surface area contributed by atoms with Crippen LogP contribution in [-0.4, -0.2) is 23.3 Å². The molecule has 0 aromatic carbocycles. The Morgan fingerprint density at radius 3 is 1.85 bits per heavy atom. The fourth-order valence-corrected chi connectivity index (χ4v) is 2.39. The molecule has 0 aromatic rings. The van der Waals surface area contributed by atoms with Crippen LogP contribution in [0.1, 0.15) is 80.6 Å². The van der Waals surface area contributed by atoms with Crippen molar-refractivity contribution < 1.29 is 14.6 Å². The second-order valence-corrected chi connectivity index (χ2v) is 7.59. The number of hydrogen-bond acceptors (Lipinski definition) is 3. The van der Waals surface area contributed by atoms with Crippen molar-refractivity contribution in [2.45, 2.75) is 92.8 Å². The van der Waals surface area contributed by atoms with Gasteiger partial charge in [0.1, 0.15) is 12.2 Å². The third-order valence-electron chi connectivity index (χ3n) is 3.96. The third-order valence-corrected chi connectivity index (χ3v) is 3.96. The van der Waals surface area contributed by atoms with Crippen molar-refractivity contribution in [1.82, 2.24) is 0 Å². The van der Waals surface area contributed by atoms with E-state index in [-0.39, 0.29) is 6.10 Å². The average Bonchev–Trinajstić information content (AvgIpc) is 2.51. The van der Waals surface area contributed by atoms with Gasteiger partial charge in [-0.15, -0.1) is 0 Å². The Morgan fingerprint density at radius 1 is 0.885 bits per heavy atom. The molecule has 1 N–H and O–H groups in total. The van der Waals surface area contributed by atoms with Crippen molar-refractivity contribution in [2.24, 2.45) is 0 Å². The minimum absolute atomic E-state index is 0.331. The van der Waals surface area contributed by atoms with Gasteiger partial charge in [-0.1, -0.05) is 40.5 Å². The predicted molar refractivity (Wildman–Crippen MR) is 111 cm³/mol. The summed E-state index contributed by atoms with van der Waals surface area (Å²) >= 11 is 0. The number of carbonyl (C=O) groups is 1.